The molecule has 0 aliphatic heterocycles. The van der Waals surface area contributed by atoms with Crippen LogP contribution in [0.25, 0.3) is 0 Å². The molecule has 19 nitrogen and oxygen atoms in total. The second kappa shape index (κ2) is 13.1. The van der Waals surface area contributed by atoms with Gasteiger partial charge in [-0.1, -0.05) is 0 Å². The van der Waals surface area contributed by atoms with Gasteiger partial charge in [-0.2, -0.15) is 29.9 Å². The summed E-state index contributed by atoms with van der Waals surface area (Å²) < 4.78 is 0. The average Bonchev–Trinajstić information content (AvgIpc) is 2.75. The van der Waals surface area contributed by atoms with Crippen LogP contribution in [0.15, 0.2) is 0 Å². The molecule has 180 valence electrons. The van der Waals surface area contributed by atoms with Crippen LogP contribution < -0.4 is 31.9 Å². The maximum atomic E-state index is 9.65. The predicted molar refractivity (Wildman–Crippen MR) is 109 cm³/mol. The van der Waals surface area contributed by atoms with Crippen LogP contribution in [-0.4, -0.2) is 112 Å². The van der Waals surface area contributed by atoms with Crippen molar-refractivity contribution in [3.8, 4) is 0 Å². The minimum absolute atomic E-state index is 0.0417. The zero-order chi connectivity index (χ0) is 24.3. The molecule has 0 radical (unpaired) electrons. The van der Waals surface area contributed by atoms with E-state index in [1.807, 2.05) is 0 Å². The topological polar surface area (TPSA) is 307 Å². The Labute approximate surface area is 180 Å². The molecule has 2 aromatic heterocycles. The molecule has 0 spiro atoms. The van der Waals surface area contributed by atoms with E-state index in [-0.39, 0.29) is 35.7 Å². The summed E-state index contributed by atoms with van der Waals surface area (Å²) in [6, 6.07) is 0. The van der Waals surface area contributed by atoms with Crippen LogP contribution in [0.1, 0.15) is 0 Å². The van der Waals surface area contributed by atoms with Gasteiger partial charge in [0.2, 0.25) is 35.7 Å². The van der Waals surface area contributed by atoms with Crippen molar-refractivity contribution in [1.82, 2.24) is 29.9 Å². The van der Waals surface area contributed by atoms with Crippen LogP contribution in [0, 0.1) is 0 Å². The molecule has 0 amide bonds. The molecule has 2 rings (SSSR count). The van der Waals surface area contributed by atoms with E-state index < -0.39 is 46.5 Å². The number of hydrogen-bond acceptors (Lipinski definition) is 19. The fourth-order valence-electron chi connectivity index (χ4n) is 1.91. The van der Waals surface area contributed by atoms with Crippen molar-refractivity contribution in [3.05, 3.63) is 0 Å². The van der Waals surface area contributed by atoms with Crippen LogP contribution in [0.2, 0.25) is 0 Å². The fourth-order valence-corrected chi connectivity index (χ4v) is 1.91. The lowest BCUT2D eigenvalue weighted by molar-refractivity contribution is 0.0729. The monoisotopic (exact) mass is 462 g/mol. The fraction of sp³-hybridized carbons (Fsp3) is 0.538. The Hall–Kier alpha value is -3.46. The summed E-state index contributed by atoms with van der Waals surface area (Å²) in [4.78, 5) is 24.6. The second-order valence-corrected chi connectivity index (χ2v) is 5.57. The van der Waals surface area contributed by atoms with Crippen LogP contribution >= 0.6 is 0 Å². The van der Waals surface area contributed by atoms with Crippen LogP contribution in [0.5, 0.6) is 0 Å². The molecule has 1 atom stereocenters. The summed E-state index contributed by atoms with van der Waals surface area (Å²) in [6.07, 6.45) is -1.53. The number of nitrogens with zero attached hydrogens (tertiary/aromatic N) is 9. The molecule has 0 aromatic carbocycles. The van der Waals surface area contributed by atoms with Crippen molar-refractivity contribution < 1.29 is 35.7 Å². The van der Waals surface area contributed by atoms with Gasteiger partial charge in [-0.3, -0.25) is 14.7 Å². The van der Waals surface area contributed by atoms with Gasteiger partial charge in [0.15, 0.2) is 6.23 Å². The molecule has 0 saturated heterocycles. The van der Waals surface area contributed by atoms with Gasteiger partial charge in [0.25, 0.3) is 0 Å². The van der Waals surface area contributed by atoms with Crippen LogP contribution in [0.4, 0.5) is 35.7 Å². The molecule has 0 fully saturated rings. The summed E-state index contributed by atoms with van der Waals surface area (Å²) >= 11 is 0. The van der Waals surface area contributed by atoms with Gasteiger partial charge >= 0.3 is 0 Å². The molecule has 0 saturated carbocycles. The number of hydrogen-bond donors (Lipinski definition) is 10. The Kier molecular flexibility index (Phi) is 10.8. The molecular formula is C13H26N12O7. The molecule has 0 aliphatic rings. The number of rotatable bonds is 10. The molecule has 1 unspecified atom stereocenters. The minimum Gasteiger partial charge on any atom is -0.392 e. The van der Waals surface area contributed by atoms with E-state index in [0.29, 0.717) is 0 Å². The standard InChI is InChI=1S/C10H20N6O7.C3H6N6/c17-1-7(23)16(6-22)10-12-8(14(2-18)3-19)11-9(13-10)15(4-20)5-21;4-1-7-2(5)9-3(6)8-1/h7,17-23H,1-6H2;(H6,4,5,6,7,8,9). The van der Waals surface area contributed by atoms with Gasteiger partial charge in [0.1, 0.15) is 33.7 Å². The first-order chi connectivity index (χ1) is 15.2. The lowest BCUT2D eigenvalue weighted by Gasteiger charge is -2.27. The molecule has 32 heavy (non-hydrogen) atoms. The highest BCUT2D eigenvalue weighted by atomic mass is 16.3. The average molecular weight is 462 g/mol. The maximum absolute atomic E-state index is 9.65. The molecule has 0 aliphatic carbocycles. The first kappa shape index (κ1) is 26.6. The SMILES string of the molecule is Nc1nc(N)nc(N)n1.OCC(O)N(CO)c1nc(N(CO)CO)nc(N(CO)CO)n1. The van der Waals surface area contributed by atoms with E-state index in [4.69, 9.17) is 42.7 Å². The van der Waals surface area contributed by atoms with Gasteiger partial charge in [0, 0.05) is 0 Å². The van der Waals surface area contributed by atoms with Crippen molar-refractivity contribution in [2.75, 3.05) is 72.2 Å². The number of aliphatic hydroxyl groups excluding tert-OH is 7. The number of anilines is 6. The molecule has 2 aromatic rings. The highest BCUT2D eigenvalue weighted by Gasteiger charge is 2.22. The van der Waals surface area contributed by atoms with Crippen molar-refractivity contribution in [3.63, 3.8) is 0 Å². The highest BCUT2D eigenvalue weighted by Crippen LogP contribution is 2.19. The minimum atomic E-state index is -1.53. The molecule has 13 N–H and O–H groups in total. The van der Waals surface area contributed by atoms with Crippen molar-refractivity contribution in [2.24, 2.45) is 0 Å². The van der Waals surface area contributed by atoms with Gasteiger partial charge in [-0.05, 0) is 0 Å². The Balaban J connectivity index is 0.000000471. The van der Waals surface area contributed by atoms with Gasteiger partial charge in [0.05, 0.1) is 6.61 Å². The quantitative estimate of drug-likeness (QED) is 0.147. The lowest BCUT2D eigenvalue weighted by atomic mass is 10.5. The smallest absolute Gasteiger partial charge is 0.235 e. The molecule has 0 bridgehead atoms. The Bertz CT molecular complexity index is 745. The van der Waals surface area contributed by atoms with Gasteiger partial charge in [-0.15, -0.1) is 0 Å². The summed E-state index contributed by atoms with van der Waals surface area (Å²) in [5.41, 5.74) is 15.4. The molecule has 19 heteroatoms. The number of aromatic nitrogens is 6. The van der Waals surface area contributed by atoms with E-state index in [1.165, 1.54) is 0 Å². The van der Waals surface area contributed by atoms with Gasteiger partial charge in [-0.25, -0.2) is 0 Å². The van der Waals surface area contributed by atoms with Crippen molar-refractivity contribution >= 4 is 35.7 Å². The lowest BCUT2D eigenvalue weighted by Crippen LogP contribution is -2.41. The Morgan fingerprint density at radius 3 is 1.19 bits per heavy atom. The predicted octanol–water partition coefficient (Wildman–Crippen LogP) is -6.03. The second-order valence-electron chi connectivity index (χ2n) is 5.57. The first-order valence-corrected chi connectivity index (χ1v) is 8.62. The number of nitrogens with two attached hydrogens (primary N) is 3. The maximum Gasteiger partial charge on any atom is 0.235 e. The molecular weight excluding hydrogens is 436 g/mol. The van der Waals surface area contributed by atoms with E-state index in [2.05, 4.69) is 29.9 Å². The van der Waals surface area contributed by atoms with Crippen molar-refractivity contribution in [1.29, 1.82) is 0 Å². The van der Waals surface area contributed by atoms with Crippen molar-refractivity contribution in [2.45, 2.75) is 6.23 Å². The third kappa shape index (κ3) is 7.35. The Morgan fingerprint density at radius 2 is 0.906 bits per heavy atom. The zero-order valence-corrected chi connectivity index (χ0v) is 16.7. The van der Waals surface area contributed by atoms with E-state index >= 15 is 0 Å². The third-order valence-corrected chi connectivity index (χ3v) is 3.47. The first-order valence-electron chi connectivity index (χ1n) is 8.62. The van der Waals surface area contributed by atoms with E-state index in [1.54, 1.807) is 0 Å². The van der Waals surface area contributed by atoms with Gasteiger partial charge < -0.3 is 52.9 Å². The van der Waals surface area contributed by atoms with Crippen LogP contribution in [-0.2, 0) is 0 Å². The summed E-state index contributed by atoms with van der Waals surface area (Å²) in [5, 5.41) is 64.6. The largest absolute Gasteiger partial charge is 0.392 e. The Morgan fingerprint density at radius 1 is 0.562 bits per heavy atom. The highest BCUT2D eigenvalue weighted by molar-refractivity contribution is 5.46. The van der Waals surface area contributed by atoms with E-state index in [0.717, 1.165) is 14.7 Å². The normalized spacial score (nSPS) is 11.3. The number of nitrogen functional groups attached to an aromatic ring is 3. The zero-order valence-electron chi connectivity index (χ0n) is 16.7. The summed E-state index contributed by atoms with van der Waals surface area (Å²) in [6.45, 7) is -4.11. The molecule has 2 heterocycles. The third-order valence-electron chi connectivity index (χ3n) is 3.47. The van der Waals surface area contributed by atoms with Crippen LogP contribution in [0.3, 0.4) is 0 Å². The number of aliphatic hydroxyl groups is 7. The summed E-state index contributed by atoms with van der Waals surface area (Å²) in [5.74, 6) is -0.677. The summed E-state index contributed by atoms with van der Waals surface area (Å²) in [7, 11) is 0. The van der Waals surface area contributed by atoms with E-state index in [9.17, 15) is 10.2 Å².